The van der Waals surface area contributed by atoms with Crippen LogP contribution in [0.5, 0.6) is 0 Å². The maximum atomic E-state index is 10.8. The van der Waals surface area contributed by atoms with E-state index in [2.05, 4.69) is 0 Å². The highest BCUT2D eigenvalue weighted by atomic mass is 31.2. The van der Waals surface area contributed by atoms with Gasteiger partial charge in [0, 0.05) is 6.07 Å². The first-order chi connectivity index (χ1) is 8.14. The summed E-state index contributed by atoms with van der Waals surface area (Å²) in [6, 6.07) is 2.06. The largest absolute Gasteiger partial charge is 0.376 e. The average molecular weight is 278 g/mol. The van der Waals surface area contributed by atoms with Crippen LogP contribution < -0.4 is 0 Å². The van der Waals surface area contributed by atoms with Crippen molar-refractivity contribution in [1.29, 1.82) is 0 Å². The first-order valence-corrected chi connectivity index (χ1v) is 5.98. The Kier molecular flexibility index (Phi) is 3.77. The predicted octanol–water partition coefficient (Wildman–Crippen LogP) is 0.672. The second-order valence-corrected chi connectivity index (χ2v) is 4.89. The molecule has 0 aliphatic rings. The minimum Gasteiger partial charge on any atom is -0.376 e. The number of rotatable bonds is 4. The third-order valence-corrected chi connectivity index (χ3v) is 2.93. The zero-order valence-corrected chi connectivity index (χ0v) is 9.43. The molecule has 0 spiro atoms. The second kappa shape index (κ2) is 4.78. The number of benzene rings is 1. The second-order valence-electron chi connectivity index (χ2n) is 3.22. The van der Waals surface area contributed by atoms with E-state index in [4.69, 9.17) is 9.79 Å². The van der Waals surface area contributed by atoms with Gasteiger partial charge in [-0.3, -0.25) is 24.8 Å². The number of aliphatic hydroxyl groups is 1. The van der Waals surface area contributed by atoms with Gasteiger partial charge in [-0.1, -0.05) is 0 Å². The van der Waals surface area contributed by atoms with Gasteiger partial charge in [0.1, 0.15) is 0 Å². The molecule has 10 nitrogen and oxygen atoms in total. The van der Waals surface area contributed by atoms with Gasteiger partial charge in [-0.15, -0.1) is 0 Å². The lowest BCUT2D eigenvalue weighted by Crippen LogP contribution is -2.04. The Hall–Kier alpha value is -1.87. The standard InChI is InChI=1S/C7H7N2O8P/c10-7(18(15,16)17)5-2-1-4(8(11)12)3-6(5)9(13)14/h1-3,7,10H,(H2,15,16,17). The Morgan fingerprint density at radius 2 is 1.72 bits per heavy atom. The van der Waals surface area contributed by atoms with Gasteiger partial charge in [-0.2, -0.15) is 0 Å². The van der Waals surface area contributed by atoms with Gasteiger partial charge in [0.25, 0.3) is 11.4 Å². The van der Waals surface area contributed by atoms with Crippen LogP contribution in [0.4, 0.5) is 11.4 Å². The molecule has 18 heavy (non-hydrogen) atoms. The summed E-state index contributed by atoms with van der Waals surface area (Å²) in [6.45, 7) is 0. The van der Waals surface area contributed by atoms with Crippen LogP contribution in [0.2, 0.25) is 0 Å². The van der Waals surface area contributed by atoms with E-state index in [0.717, 1.165) is 12.1 Å². The topological polar surface area (TPSA) is 164 Å². The minimum absolute atomic E-state index is 0.522. The van der Waals surface area contributed by atoms with E-state index < -0.39 is 40.2 Å². The van der Waals surface area contributed by atoms with Gasteiger partial charge in [-0.25, -0.2) is 0 Å². The van der Waals surface area contributed by atoms with Gasteiger partial charge in [0.15, 0.2) is 5.85 Å². The Labute approximate surface area is 98.9 Å². The van der Waals surface area contributed by atoms with Crippen LogP contribution in [-0.2, 0) is 4.57 Å². The number of nitro groups is 2. The molecule has 0 saturated heterocycles. The highest BCUT2D eigenvalue weighted by molar-refractivity contribution is 7.51. The van der Waals surface area contributed by atoms with Crippen LogP contribution in [0.25, 0.3) is 0 Å². The summed E-state index contributed by atoms with van der Waals surface area (Å²) < 4.78 is 10.8. The fourth-order valence-corrected chi connectivity index (χ4v) is 1.78. The number of non-ortho nitro benzene ring substituents is 1. The molecule has 0 amide bonds. The quantitative estimate of drug-likeness (QED) is 0.410. The summed E-state index contributed by atoms with van der Waals surface area (Å²) in [6.07, 6.45) is 0. The van der Waals surface area contributed by atoms with Gasteiger partial charge in [-0.05, 0) is 6.07 Å². The van der Waals surface area contributed by atoms with E-state index in [1.54, 1.807) is 0 Å². The lowest BCUT2D eigenvalue weighted by atomic mass is 10.1. The van der Waals surface area contributed by atoms with Crippen LogP contribution in [0.15, 0.2) is 18.2 Å². The van der Waals surface area contributed by atoms with Gasteiger partial charge in [0.2, 0.25) is 0 Å². The van der Waals surface area contributed by atoms with Crippen molar-refractivity contribution in [2.24, 2.45) is 0 Å². The molecule has 1 unspecified atom stereocenters. The Balaban J connectivity index is 3.42. The summed E-state index contributed by atoms with van der Waals surface area (Å²) in [5.74, 6) is -2.40. The number of nitro benzene ring substituents is 2. The SMILES string of the molecule is O=[N+]([O-])c1ccc(C(O)P(=O)(O)O)c([N+](=O)[O-])c1. The molecule has 0 bridgehead atoms. The van der Waals surface area contributed by atoms with Crippen LogP contribution in [-0.4, -0.2) is 24.7 Å². The fraction of sp³-hybridized carbons (Fsp3) is 0.143. The van der Waals surface area contributed by atoms with Crippen molar-refractivity contribution in [3.63, 3.8) is 0 Å². The van der Waals surface area contributed by atoms with Crippen molar-refractivity contribution in [3.05, 3.63) is 44.0 Å². The van der Waals surface area contributed by atoms with Gasteiger partial charge >= 0.3 is 7.60 Å². The number of nitrogens with zero attached hydrogens (tertiary/aromatic N) is 2. The highest BCUT2D eigenvalue weighted by Gasteiger charge is 2.34. The van der Waals surface area contributed by atoms with E-state index in [9.17, 15) is 29.9 Å². The van der Waals surface area contributed by atoms with Crippen LogP contribution in [0.1, 0.15) is 11.4 Å². The molecule has 0 saturated carbocycles. The monoisotopic (exact) mass is 278 g/mol. The predicted molar refractivity (Wildman–Crippen MR) is 56.8 cm³/mol. The van der Waals surface area contributed by atoms with Crippen molar-refractivity contribution in [2.75, 3.05) is 0 Å². The van der Waals surface area contributed by atoms with Crippen LogP contribution in [0.3, 0.4) is 0 Å². The zero-order valence-electron chi connectivity index (χ0n) is 8.53. The first-order valence-electron chi connectivity index (χ1n) is 4.30. The van der Waals surface area contributed by atoms with Crippen molar-refractivity contribution < 1.29 is 29.3 Å². The maximum absolute atomic E-state index is 10.8. The Bertz CT molecular complexity index is 552. The van der Waals surface area contributed by atoms with Crippen molar-refractivity contribution >= 4 is 19.0 Å². The summed E-state index contributed by atoms with van der Waals surface area (Å²) >= 11 is 0. The minimum atomic E-state index is -5.00. The maximum Gasteiger partial charge on any atom is 0.358 e. The molecule has 1 aromatic carbocycles. The zero-order chi connectivity index (χ0) is 14.1. The smallest absolute Gasteiger partial charge is 0.358 e. The molecule has 0 aliphatic carbocycles. The van der Waals surface area contributed by atoms with E-state index in [1.165, 1.54) is 0 Å². The summed E-state index contributed by atoms with van der Waals surface area (Å²) in [5.41, 5.74) is -2.23. The lowest BCUT2D eigenvalue weighted by molar-refractivity contribution is -0.394. The average Bonchev–Trinajstić information content (AvgIpc) is 2.25. The van der Waals surface area contributed by atoms with Crippen molar-refractivity contribution in [1.82, 2.24) is 0 Å². The molecule has 1 aromatic rings. The molecule has 0 fully saturated rings. The third-order valence-electron chi connectivity index (χ3n) is 2.02. The Morgan fingerprint density at radius 1 is 1.17 bits per heavy atom. The molecule has 11 heteroatoms. The van der Waals surface area contributed by atoms with E-state index in [-0.39, 0.29) is 0 Å². The van der Waals surface area contributed by atoms with Crippen molar-refractivity contribution in [3.8, 4) is 0 Å². The summed E-state index contributed by atoms with van der Waals surface area (Å²) in [5, 5.41) is 30.3. The summed E-state index contributed by atoms with van der Waals surface area (Å²) in [7, 11) is -5.00. The molecular formula is C7H7N2O8P. The molecular weight excluding hydrogens is 271 g/mol. The molecule has 0 aromatic heterocycles. The van der Waals surface area contributed by atoms with Crippen LogP contribution >= 0.6 is 7.60 Å². The molecule has 1 rings (SSSR count). The third kappa shape index (κ3) is 2.87. The van der Waals surface area contributed by atoms with Gasteiger partial charge < -0.3 is 14.9 Å². The number of aliphatic hydroxyl groups excluding tert-OH is 1. The van der Waals surface area contributed by atoms with E-state index in [0.29, 0.717) is 6.07 Å². The Morgan fingerprint density at radius 3 is 2.11 bits per heavy atom. The highest BCUT2D eigenvalue weighted by Crippen LogP contribution is 2.52. The molecule has 0 aliphatic heterocycles. The molecule has 3 N–H and O–H groups in total. The first kappa shape index (κ1) is 14.2. The molecule has 98 valence electrons. The van der Waals surface area contributed by atoms with E-state index >= 15 is 0 Å². The molecule has 0 radical (unpaired) electrons. The lowest BCUT2D eigenvalue weighted by Gasteiger charge is -2.12. The summed E-state index contributed by atoms with van der Waals surface area (Å²) in [4.78, 5) is 36.6. The number of hydrogen-bond donors (Lipinski definition) is 3. The van der Waals surface area contributed by atoms with Crippen molar-refractivity contribution in [2.45, 2.75) is 5.85 Å². The normalized spacial score (nSPS) is 13.1. The van der Waals surface area contributed by atoms with Gasteiger partial charge in [0.05, 0.1) is 21.5 Å². The van der Waals surface area contributed by atoms with Crippen LogP contribution in [0, 0.1) is 20.2 Å². The molecule has 1 atom stereocenters. The number of hydrogen-bond acceptors (Lipinski definition) is 6. The fourth-order valence-electron chi connectivity index (χ4n) is 1.20. The molecule has 0 heterocycles. The van der Waals surface area contributed by atoms with E-state index in [1.807, 2.05) is 0 Å².